The molecule has 0 fully saturated rings. The van der Waals surface area contributed by atoms with E-state index in [9.17, 15) is 22.4 Å². The number of carbonyl (C=O) groups is 1. The molecule has 0 unspecified atom stereocenters. The summed E-state index contributed by atoms with van der Waals surface area (Å²) >= 11 is 5.17. The molecule has 3 N–H and O–H groups in total. The summed E-state index contributed by atoms with van der Waals surface area (Å²) in [5, 5.41) is 2.95. The molecule has 0 saturated heterocycles. The number of amides is 1. The number of hydrogen-bond acceptors (Lipinski definition) is 5. The van der Waals surface area contributed by atoms with Crippen molar-refractivity contribution in [1.29, 1.82) is 0 Å². The van der Waals surface area contributed by atoms with Gasteiger partial charge in [-0.3, -0.25) is 18.9 Å². The van der Waals surface area contributed by atoms with E-state index in [4.69, 9.17) is 12.2 Å². The first-order valence-corrected chi connectivity index (χ1v) is 10.7. The Morgan fingerprint density at radius 3 is 2.62 bits per heavy atom. The van der Waals surface area contributed by atoms with Crippen LogP contribution in [0.25, 0.3) is 10.9 Å². The number of hydrogen-bond donors (Lipinski definition) is 3. The Kier molecular flexibility index (Phi) is 5.53. The smallest absolute Gasteiger partial charge is 0.262 e. The molecule has 0 spiro atoms. The van der Waals surface area contributed by atoms with Gasteiger partial charge in [-0.15, -0.1) is 0 Å². The van der Waals surface area contributed by atoms with Crippen LogP contribution in [0.15, 0.2) is 41.2 Å². The van der Waals surface area contributed by atoms with E-state index in [1.807, 2.05) is 4.72 Å². The zero-order valence-electron chi connectivity index (χ0n) is 15.4. The molecule has 0 aliphatic rings. The molecule has 1 aromatic heterocycles. The third kappa shape index (κ3) is 4.51. The molecule has 0 radical (unpaired) electrons. The summed E-state index contributed by atoms with van der Waals surface area (Å²) in [5.74, 6) is -1.30. The zero-order valence-corrected chi connectivity index (χ0v) is 17.1. The van der Waals surface area contributed by atoms with E-state index in [-0.39, 0.29) is 27.3 Å². The summed E-state index contributed by atoms with van der Waals surface area (Å²) in [6.07, 6.45) is 0.892. The number of fused-ring (bicyclic) bond motifs is 1. The van der Waals surface area contributed by atoms with Crippen molar-refractivity contribution in [1.82, 2.24) is 9.55 Å². The second-order valence-corrected chi connectivity index (χ2v) is 8.40. The van der Waals surface area contributed by atoms with Crippen LogP contribution in [0, 0.1) is 10.6 Å². The van der Waals surface area contributed by atoms with Crippen molar-refractivity contribution >= 4 is 50.4 Å². The molecule has 3 aromatic rings. The van der Waals surface area contributed by atoms with Gasteiger partial charge in [0.25, 0.3) is 11.5 Å². The largest absolute Gasteiger partial charge is 0.332 e. The first-order chi connectivity index (χ1) is 13.6. The van der Waals surface area contributed by atoms with Crippen molar-refractivity contribution in [2.45, 2.75) is 13.5 Å². The topological polar surface area (TPSA) is 113 Å². The van der Waals surface area contributed by atoms with Crippen LogP contribution in [-0.4, -0.2) is 30.1 Å². The van der Waals surface area contributed by atoms with Crippen LogP contribution >= 0.6 is 12.2 Å². The summed E-state index contributed by atoms with van der Waals surface area (Å²) in [5.41, 5.74) is 0.299. The Balaban J connectivity index is 1.93. The van der Waals surface area contributed by atoms with E-state index in [1.54, 1.807) is 6.92 Å². The lowest BCUT2D eigenvalue weighted by Crippen LogP contribution is -2.21. The number of halogens is 1. The molecule has 0 atom stereocenters. The van der Waals surface area contributed by atoms with Gasteiger partial charge in [0.15, 0.2) is 4.77 Å². The van der Waals surface area contributed by atoms with E-state index in [0.29, 0.717) is 17.4 Å². The Morgan fingerprint density at radius 2 is 1.97 bits per heavy atom. The highest BCUT2D eigenvalue weighted by molar-refractivity contribution is 7.92. The SMILES string of the molecule is CCn1c(=S)[nH]c2cc(C(=O)Nc3ccc(F)c(NS(C)(=O)=O)c3)ccc2c1=O. The molecule has 0 aliphatic carbocycles. The minimum atomic E-state index is -3.68. The lowest BCUT2D eigenvalue weighted by atomic mass is 10.1. The lowest BCUT2D eigenvalue weighted by Gasteiger charge is -2.10. The molecule has 3 rings (SSSR count). The van der Waals surface area contributed by atoms with Crippen LogP contribution in [0.4, 0.5) is 15.8 Å². The summed E-state index contributed by atoms with van der Waals surface area (Å²) < 4.78 is 40.1. The molecule has 0 saturated carbocycles. The maximum Gasteiger partial charge on any atom is 0.262 e. The fraction of sp³-hybridized carbons (Fsp3) is 0.167. The molecule has 1 amide bonds. The number of aromatic nitrogens is 2. The van der Waals surface area contributed by atoms with Crippen LogP contribution in [0.3, 0.4) is 0 Å². The van der Waals surface area contributed by atoms with Gasteiger partial charge in [-0.25, -0.2) is 12.8 Å². The summed E-state index contributed by atoms with van der Waals surface area (Å²) in [6.45, 7) is 2.22. The van der Waals surface area contributed by atoms with Gasteiger partial charge in [-0.1, -0.05) is 0 Å². The number of carbonyl (C=O) groups excluding carboxylic acids is 1. The molecular weight excluding hydrogens is 419 g/mol. The van der Waals surface area contributed by atoms with E-state index < -0.39 is 21.7 Å². The Bertz CT molecular complexity index is 1350. The van der Waals surface area contributed by atoms with Crippen molar-refractivity contribution in [3.8, 4) is 0 Å². The number of benzene rings is 2. The van der Waals surface area contributed by atoms with Crippen molar-refractivity contribution in [3.63, 3.8) is 0 Å². The van der Waals surface area contributed by atoms with Gasteiger partial charge in [0, 0.05) is 17.8 Å². The van der Waals surface area contributed by atoms with E-state index >= 15 is 0 Å². The molecule has 1 heterocycles. The standard InChI is InChI=1S/C18H17FN4O4S2/c1-3-23-17(25)12-6-4-10(8-14(12)21-18(23)28)16(24)20-11-5-7-13(19)15(9-11)22-29(2,26)27/h4-9,22H,3H2,1-2H3,(H,20,24)(H,21,28). The first-order valence-electron chi connectivity index (χ1n) is 8.44. The number of aromatic amines is 1. The van der Waals surface area contributed by atoms with Crippen LogP contribution in [0.2, 0.25) is 0 Å². The summed E-state index contributed by atoms with van der Waals surface area (Å²) in [4.78, 5) is 27.9. The van der Waals surface area contributed by atoms with Crippen LogP contribution < -0.4 is 15.6 Å². The van der Waals surface area contributed by atoms with Crippen molar-refractivity contribution in [3.05, 3.63) is 62.9 Å². The minimum Gasteiger partial charge on any atom is -0.332 e. The number of anilines is 2. The Morgan fingerprint density at radius 1 is 1.24 bits per heavy atom. The highest BCUT2D eigenvalue weighted by atomic mass is 32.2. The maximum absolute atomic E-state index is 13.8. The maximum atomic E-state index is 13.8. The normalized spacial score (nSPS) is 11.4. The van der Waals surface area contributed by atoms with E-state index in [1.165, 1.54) is 34.9 Å². The number of nitrogens with zero attached hydrogens (tertiary/aromatic N) is 1. The van der Waals surface area contributed by atoms with Gasteiger partial charge in [0.2, 0.25) is 10.0 Å². The average Bonchev–Trinajstić information content (AvgIpc) is 2.63. The quantitative estimate of drug-likeness (QED) is 0.533. The third-order valence-electron chi connectivity index (χ3n) is 4.08. The second kappa shape index (κ2) is 7.76. The van der Waals surface area contributed by atoms with Crippen molar-refractivity contribution in [2.75, 3.05) is 16.3 Å². The molecule has 2 aromatic carbocycles. The van der Waals surface area contributed by atoms with Gasteiger partial charge < -0.3 is 10.3 Å². The van der Waals surface area contributed by atoms with Gasteiger partial charge >= 0.3 is 0 Å². The third-order valence-corrected chi connectivity index (χ3v) is 4.99. The summed E-state index contributed by atoms with van der Waals surface area (Å²) in [7, 11) is -3.68. The van der Waals surface area contributed by atoms with Crippen molar-refractivity contribution in [2.24, 2.45) is 0 Å². The summed E-state index contributed by atoms with van der Waals surface area (Å²) in [6, 6.07) is 7.99. The number of nitrogens with one attached hydrogen (secondary N) is 3. The van der Waals surface area contributed by atoms with Crippen LogP contribution in [-0.2, 0) is 16.6 Å². The van der Waals surface area contributed by atoms with Gasteiger partial charge in [0.1, 0.15) is 5.82 Å². The van der Waals surface area contributed by atoms with E-state index in [0.717, 1.165) is 12.3 Å². The Labute approximate surface area is 170 Å². The average molecular weight is 436 g/mol. The van der Waals surface area contributed by atoms with Crippen LogP contribution in [0.5, 0.6) is 0 Å². The van der Waals surface area contributed by atoms with Crippen molar-refractivity contribution < 1.29 is 17.6 Å². The first kappa shape index (κ1) is 20.7. The predicted molar refractivity (Wildman–Crippen MR) is 112 cm³/mol. The minimum absolute atomic E-state index is 0.192. The Hall–Kier alpha value is -3.05. The monoisotopic (exact) mass is 436 g/mol. The fourth-order valence-electron chi connectivity index (χ4n) is 2.77. The highest BCUT2D eigenvalue weighted by Gasteiger charge is 2.13. The lowest BCUT2D eigenvalue weighted by molar-refractivity contribution is 0.102. The van der Waals surface area contributed by atoms with Gasteiger partial charge in [-0.05, 0) is 55.5 Å². The van der Waals surface area contributed by atoms with Gasteiger partial charge in [0.05, 0.1) is 22.8 Å². The van der Waals surface area contributed by atoms with E-state index in [2.05, 4.69) is 10.3 Å². The zero-order chi connectivity index (χ0) is 21.3. The predicted octanol–water partition coefficient (Wildman–Crippen LogP) is 2.84. The number of rotatable bonds is 5. The molecular formula is C18H17FN4O4S2. The molecule has 152 valence electrons. The van der Waals surface area contributed by atoms with Crippen LogP contribution in [0.1, 0.15) is 17.3 Å². The molecule has 8 nitrogen and oxygen atoms in total. The molecule has 0 aliphatic heterocycles. The van der Waals surface area contributed by atoms with Gasteiger partial charge in [-0.2, -0.15) is 0 Å². The molecule has 0 bridgehead atoms. The number of sulfonamides is 1. The number of H-pyrrole nitrogens is 1. The second-order valence-electron chi connectivity index (χ2n) is 6.26. The molecule has 29 heavy (non-hydrogen) atoms. The fourth-order valence-corrected chi connectivity index (χ4v) is 3.65. The molecule has 11 heteroatoms. The highest BCUT2D eigenvalue weighted by Crippen LogP contribution is 2.21.